The van der Waals surface area contributed by atoms with Crippen LogP contribution >= 0.6 is 0 Å². The number of guanidine groups is 1. The van der Waals surface area contributed by atoms with Gasteiger partial charge in [0, 0.05) is 6.54 Å². The average Bonchev–Trinajstić information content (AvgIpc) is 2.73. The lowest BCUT2D eigenvalue weighted by Gasteiger charge is -2.19. The molecule has 0 spiro atoms. The molecule has 29 heavy (non-hydrogen) atoms. The number of hydrogen-bond donors (Lipinski definition) is 2. The Hall–Kier alpha value is -2.96. The van der Waals surface area contributed by atoms with Crippen molar-refractivity contribution in [2.75, 3.05) is 27.9 Å². The maximum Gasteiger partial charge on any atom is 0.203 e. The van der Waals surface area contributed by atoms with Crippen LogP contribution < -0.4 is 24.8 Å². The number of benzene rings is 2. The van der Waals surface area contributed by atoms with Crippen LogP contribution in [0.4, 0.5) is 4.39 Å². The molecule has 0 saturated carbocycles. The van der Waals surface area contributed by atoms with Crippen LogP contribution in [0.25, 0.3) is 0 Å². The Labute approximate surface area is 172 Å². The molecule has 158 valence electrons. The normalized spacial score (nSPS) is 12.3. The lowest BCUT2D eigenvalue weighted by Crippen LogP contribution is -2.38. The Bertz CT molecular complexity index is 830. The Kier molecular flexibility index (Phi) is 8.12. The van der Waals surface area contributed by atoms with Crippen LogP contribution in [0.3, 0.4) is 0 Å². The number of hydrogen-bond acceptors (Lipinski definition) is 4. The van der Waals surface area contributed by atoms with Gasteiger partial charge in [-0.05, 0) is 55.7 Å². The summed E-state index contributed by atoms with van der Waals surface area (Å²) >= 11 is 0. The lowest BCUT2D eigenvalue weighted by atomic mass is 10.1. The third kappa shape index (κ3) is 5.76. The highest BCUT2D eigenvalue weighted by molar-refractivity contribution is 5.80. The van der Waals surface area contributed by atoms with E-state index in [-0.39, 0.29) is 11.9 Å². The molecule has 2 aromatic rings. The summed E-state index contributed by atoms with van der Waals surface area (Å²) in [6.45, 7) is 6.82. The SMILES string of the molecule is CCNC(=NCc1cc(OC)c(OC)c(OC)c1)NC(C)c1ccc(C)c(F)c1. The van der Waals surface area contributed by atoms with E-state index >= 15 is 0 Å². The van der Waals surface area contributed by atoms with E-state index in [1.54, 1.807) is 40.4 Å². The Balaban J connectivity index is 2.21. The van der Waals surface area contributed by atoms with Crippen LogP contribution in [0.5, 0.6) is 17.2 Å². The van der Waals surface area contributed by atoms with E-state index in [0.29, 0.717) is 41.9 Å². The molecule has 0 aliphatic rings. The first-order valence-electron chi connectivity index (χ1n) is 9.53. The molecule has 0 heterocycles. The largest absolute Gasteiger partial charge is 0.493 e. The summed E-state index contributed by atoms with van der Waals surface area (Å²) in [5.41, 5.74) is 2.39. The molecule has 0 fully saturated rings. The van der Waals surface area contributed by atoms with Crippen molar-refractivity contribution in [1.29, 1.82) is 0 Å². The van der Waals surface area contributed by atoms with Crippen LogP contribution in [-0.4, -0.2) is 33.8 Å². The van der Waals surface area contributed by atoms with Gasteiger partial charge in [0.2, 0.25) is 5.75 Å². The lowest BCUT2D eigenvalue weighted by molar-refractivity contribution is 0.324. The Morgan fingerprint density at radius 1 is 1.07 bits per heavy atom. The number of methoxy groups -OCH3 is 3. The van der Waals surface area contributed by atoms with Crippen molar-refractivity contribution < 1.29 is 18.6 Å². The highest BCUT2D eigenvalue weighted by atomic mass is 19.1. The number of ether oxygens (including phenoxy) is 3. The second-order valence-electron chi connectivity index (χ2n) is 6.60. The van der Waals surface area contributed by atoms with Crippen LogP contribution in [-0.2, 0) is 6.54 Å². The third-order valence-electron chi connectivity index (χ3n) is 4.54. The number of nitrogens with zero attached hydrogens (tertiary/aromatic N) is 1. The third-order valence-corrected chi connectivity index (χ3v) is 4.54. The zero-order valence-electron chi connectivity index (χ0n) is 17.9. The molecule has 0 saturated heterocycles. The molecule has 6 nitrogen and oxygen atoms in total. The first kappa shape index (κ1) is 22.3. The predicted octanol–water partition coefficient (Wildman–Crippen LogP) is 3.98. The van der Waals surface area contributed by atoms with E-state index in [1.807, 2.05) is 32.0 Å². The maximum absolute atomic E-state index is 13.9. The number of rotatable bonds is 8. The average molecular weight is 403 g/mol. The van der Waals surface area contributed by atoms with Gasteiger partial charge in [-0.3, -0.25) is 0 Å². The first-order valence-corrected chi connectivity index (χ1v) is 9.53. The first-order chi connectivity index (χ1) is 13.9. The van der Waals surface area contributed by atoms with E-state index in [0.717, 1.165) is 11.1 Å². The molecule has 2 rings (SSSR count). The van der Waals surface area contributed by atoms with Gasteiger partial charge < -0.3 is 24.8 Å². The van der Waals surface area contributed by atoms with Crippen LogP contribution in [0.2, 0.25) is 0 Å². The van der Waals surface area contributed by atoms with Gasteiger partial charge in [-0.1, -0.05) is 12.1 Å². The van der Waals surface area contributed by atoms with Crippen molar-refractivity contribution in [2.45, 2.75) is 33.4 Å². The zero-order valence-corrected chi connectivity index (χ0v) is 17.9. The van der Waals surface area contributed by atoms with Crippen LogP contribution in [0.15, 0.2) is 35.3 Å². The summed E-state index contributed by atoms with van der Waals surface area (Å²) in [4.78, 5) is 4.64. The van der Waals surface area contributed by atoms with Gasteiger partial charge in [-0.25, -0.2) is 9.38 Å². The molecule has 1 unspecified atom stereocenters. The summed E-state index contributed by atoms with van der Waals surface area (Å²) in [6.07, 6.45) is 0. The van der Waals surface area contributed by atoms with Gasteiger partial charge in [0.1, 0.15) is 5.82 Å². The van der Waals surface area contributed by atoms with Crippen LogP contribution in [0, 0.1) is 12.7 Å². The summed E-state index contributed by atoms with van der Waals surface area (Å²) in [6, 6.07) is 8.88. The fourth-order valence-electron chi connectivity index (χ4n) is 2.88. The molecule has 7 heteroatoms. The smallest absolute Gasteiger partial charge is 0.203 e. The minimum Gasteiger partial charge on any atom is -0.493 e. The number of aliphatic imine (C=N–C) groups is 1. The van der Waals surface area contributed by atoms with E-state index in [9.17, 15) is 4.39 Å². The second kappa shape index (κ2) is 10.5. The van der Waals surface area contributed by atoms with E-state index in [4.69, 9.17) is 14.2 Å². The van der Waals surface area contributed by atoms with Crippen molar-refractivity contribution in [1.82, 2.24) is 10.6 Å². The van der Waals surface area contributed by atoms with Crippen molar-refractivity contribution in [2.24, 2.45) is 4.99 Å². The molecule has 0 radical (unpaired) electrons. The Morgan fingerprint density at radius 3 is 2.24 bits per heavy atom. The van der Waals surface area contributed by atoms with Gasteiger partial charge in [0.25, 0.3) is 0 Å². The molecule has 2 aromatic carbocycles. The summed E-state index contributed by atoms with van der Waals surface area (Å²) in [7, 11) is 4.73. The van der Waals surface area contributed by atoms with Gasteiger partial charge in [0.05, 0.1) is 33.9 Å². The zero-order chi connectivity index (χ0) is 21.4. The maximum atomic E-state index is 13.9. The van der Waals surface area contributed by atoms with Gasteiger partial charge in [-0.2, -0.15) is 0 Å². The fourth-order valence-corrected chi connectivity index (χ4v) is 2.88. The van der Waals surface area contributed by atoms with Gasteiger partial charge in [-0.15, -0.1) is 0 Å². The molecule has 0 aromatic heterocycles. The molecule has 1 atom stereocenters. The molecule has 0 bridgehead atoms. The van der Waals surface area contributed by atoms with E-state index in [2.05, 4.69) is 15.6 Å². The molecule has 0 amide bonds. The predicted molar refractivity (Wildman–Crippen MR) is 114 cm³/mol. The van der Waals surface area contributed by atoms with E-state index < -0.39 is 0 Å². The number of halogens is 1. The van der Waals surface area contributed by atoms with Gasteiger partial charge in [0.15, 0.2) is 17.5 Å². The highest BCUT2D eigenvalue weighted by Crippen LogP contribution is 2.38. The second-order valence-corrected chi connectivity index (χ2v) is 6.60. The summed E-state index contributed by atoms with van der Waals surface area (Å²) in [5.74, 6) is 2.13. The quantitative estimate of drug-likeness (QED) is 0.516. The number of aryl methyl sites for hydroxylation is 1. The van der Waals surface area contributed by atoms with Crippen molar-refractivity contribution >= 4 is 5.96 Å². The minimum atomic E-state index is -0.212. The summed E-state index contributed by atoms with van der Waals surface area (Å²) in [5, 5.41) is 6.53. The van der Waals surface area contributed by atoms with Crippen molar-refractivity contribution in [3.63, 3.8) is 0 Å². The molecule has 2 N–H and O–H groups in total. The van der Waals surface area contributed by atoms with E-state index in [1.165, 1.54) is 0 Å². The fraction of sp³-hybridized carbons (Fsp3) is 0.409. The topological polar surface area (TPSA) is 64.1 Å². The van der Waals surface area contributed by atoms with Gasteiger partial charge >= 0.3 is 0 Å². The monoisotopic (exact) mass is 403 g/mol. The molecule has 0 aliphatic carbocycles. The molecule has 0 aliphatic heterocycles. The highest BCUT2D eigenvalue weighted by Gasteiger charge is 2.14. The van der Waals surface area contributed by atoms with Crippen molar-refractivity contribution in [3.8, 4) is 17.2 Å². The molecular weight excluding hydrogens is 373 g/mol. The molecular formula is C22H30FN3O3. The summed E-state index contributed by atoms with van der Waals surface area (Å²) < 4.78 is 30.0. The van der Waals surface area contributed by atoms with Crippen LogP contribution in [0.1, 0.15) is 36.6 Å². The minimum absolute atomic E-state index is 0.108. The van der Waals surface area contributed by atoms with Crippen molar-refractivity contribution in [3.05, 3.63) is 52.8 Å². The Morgan fingerprint density at radius 2 is 1.72 bits per heavy atom. The standard InChI is InChI=1S/C22H30FN3O3/c1-7-24-22(26-15(3)17-9-8-14(2)18(23)12-17)25-13-16-10-19(27-4)21(29-6)20(11-16)28-5/h8-12,15H,7,13H2,1-6H3,(H2,24,25,26). The number of nitrogens with one attached hydrogen (secondary N) is 2.